The third-order valence-corrected chi connectivity index (χ3v) is 3.32. The quantitative estimate of drug-likeness (QED) is 0.789. The summed E-state index contributed by atoms with van der Waals surface area (Å²) in [5.41, 5.74) is 1.18. The van der Waals surface area contributed by atoms with Crippen LogP contribution in [0.5, 0.6) is 5.75 Å². The largest absolute Gasteiger partial charge is 0.492 e. The standard InChI is InChI=1S/C15H22N2O2.ClH/c1-12-3-2-4-14(9-12)19-8-7-17-15(18)10-13-5-6-16-11-13;/h2-4,9,13,16H,5-8,10-11H2,1H3,(H,17,18);1H. The molecule has 0 spiro atoms. The molecule has 0 bridgehead atoms. The second-order valence-electron chi connectivity index (χ2n) is 5.08. The molecule has 1 unspecified atom stereocenters. The fourth-order valence-corrected chi connectivity index (χ4v) is 2.29. The molecule has 0 saturated carbocycles. The Morgan fingerprint density at radius 2 is 2.35 bits per heavy atom. The lowest BCUT2D eigenvalue weighted by atomic mass is 10.0. The first-order valence-corrected chi connectivity index (χ1v) is 6.91. The molecule has 1 aromatic carbocycles. The van der Waals surface area contributed by atoms with Crippen LogP contribution in [0.15, 0.2) is 24.3 Å². The zero-order valence-corrected chi connectivity index (χ0v) is 12.7. The molecule has 0 aliphatic carbocycles. The number of amides is 1. The first-order chi connectivity index (χ1) is 9.24. The molecule has 1 fully saturated rings. The average Bonchev–Trinajstić information content (AvgIpc) is 2.87. The second-order valence-corrected chi connectivity index (χ2v) is 5.08. The number of ether oxygens (including phenoxy) is 1. The third-order valence-electron chi connectivity index (χ3n) is 3.32. The van der Waals surface area contributed by atoms with Gasteiger partial charge in [-0.3, -0.25) is 4.79 Å². The van der Waals surface area contributed by atoms with Gasteiger partial charge >= 0.3 is 0 Å². The first-order valence-electron chi connectivity index (χ1n) is 6.91. The van der Waals surface area contributed by atoms with Crippen molar-refractivity contribution in [3.8, 4) is 5.75 Å². The number of hydrogen-bond acceptors (Lipinski definition) is 3. The van der Waals surface area contributed by atoms with Crippen LogP contribution in [0.1, 0.15) is 18.4 Å². The highest BCUT2D eigenvalue weighted by Crippen LogP contribution is 2.12. The van der Waals surface area contributed by atoms with Crippen LogP contribution >= 0.6 is 12.4 Å². The van der Waals surface area contributed by atoms with E-state index in [0.29, 0.717) is 25.5 Å². The molecule has 1 atom stereocenters. The van der Waals surface area contributed by atoms with E-state index >= 15 is 0 Å². The van der Waals surface area contributed by atoms with Gasteiger partial charge in [0.25, 0.3) is 0 Å². The zero-order valence-electron chi connectivity index (χ0n) is 11.9. The molecule has 5 heteroatoms. The van der Waals surface area contributed by atoms with Gasteiger partial charge in [-0.15, -0.1) is 12.4 Å². The average molecular weight is 299 g/mol. The van der Waals surface area contributed by atoms with Crippen molar-refractivity contribution >= 4 is 18.3 Å². The lowest BCUT2D eigenvalue weighted by Crippen LogP contribution is -2.30. The van der Waals surface area contributed by atoms with Gasteiger partial charge in [0, 0.05) is 6.42 Å². The van der Waals surface area contributed by atoms with Crippen LogP contribution in [0, 0.1) is 12.8 Å². The summed E-state index contributed by atoms with van der Waals surface area (Å²) in [6, 6.07) is 7.92. The summed E-state index contributed by atoms with van der Waals surface area (Å²) in [7, 11) is 0. The number of aryl methyl sites for hydroxylation is 1. The molecule has 1 aromatic rings. The van der Waals surface area contributed by atoms with Gasteiger partial charge in [0.15, 0.2) is 0 Å². The Bertz CT molecular complexity index is 420. The predicted molar refractivity (Wildman–Crippen MR) is 82.5 cm³/mol. The van der Waals surface area contributed by atoms with Gasteiger partial charge in [0.1, 0.15) is 12.4 Å². The van der Waals surface area contributed by atoms with Crippen LogP contribution in [0.3, 0.4) is 0 Å². The molecule has 0 aromatic heterocycles. The molecule has 1 amide bonds. The maximum atomic E-state index is 11.7. The SMILES string of the molecule is Cc1cccc(OCCNC(=O)CC2CCNC2)c1.Cl. The Morgan fingerprint density at radius 1 is 1.50 bits per heavy atom. The molecule has 112 valence electrons. The molecule has 20 heavy (non-hydrogen) atoms. The maximum absolute atomic E-state index is 11.7. The van der Waals surface area contributed by atoms with Gasteiger partial charge in [0.2, 0.25) is 5.91 Å². The molecule has 1 aliphatic rings. The number of halogens is 1. The van der Waals surface area contributed by atoms with Crippen LogP contribution in [-0.2, 0) is 4.79 Å². The summed E-state index contributed by atoms with van der Waals surface area (Å²) in [6.45, 7) is 5.11. The smallest absolute Gasteiger partial charge is 0.220 e. The van der Waals surface area contributed by atoms with E-state index in [1.165, 1.54) is 5.56 Å². The summed E-state index contributed by atoms with van der Waals surface area (Å²) in [4.78, 5) is 11.7. The van der Waals surface area contributed by atoms with Gasteiger partial charge in [0.05, 0.1) is 6.54 Å². The van der Waals surface area contributed by atoms with Crippen molar-refractivity contribution < 1.29 is 9.53 Å². The number of rotatable bonds is 6. The molecule has 0 radical (unpaired) electrons. The highest BCUT2D eigenvalue weighted by atomic mass is 35.5. The molecular formula is C15H23ClN2O2. The van der Waals surface area contributed by atoms with Gasteiger partial charge in [-0.05, 0) is 50.0 Å². The van der Waals surface area contributed by atoms with E-state index in [1.807, 2.05) is 31.2 Å². The number of nitrogens with one attached hydrogen (secondary N) is 2. The number of carbonyl (C=O) groups is 1. The predicted octanol–water partition coefficient (Wildman–Crippen LogP) is 1.91. The van der Waals surface area contributed by atoms with Gasteiger partial charge < -0.3 is 15.4 Å². The van der Waals surface area contributed by atoms with E-state index in [2.05, 4.69) is 10.6 Å². The Hall–Kier alpha value is -1.26. The Balaban J connectivity index is 0.00000200. The molecule has 1 aliphatic heterocycles. The van der Waals surface area contributed by atoms with Crippen molar-refractivity contribution in [2.24, 2.45) is 5.92 Å². The monoisotopic (exact) mass is 298 g/mol. The first kappa shape index (κ1) is 16.8. The number of hydrogen-bond donors (Lipinski definition) is 2. The van der Waals surface area contributed by atoms with Gasteiger partial charge in [-0.1, -0.05) is 12.1 Å². The van der Waals surface area contributed by atoms with Crippen LogP contribution in [0.25, 0.3) is 0 Å². The Morgan fingerprint density at radius 3 is 3.05 bits per heavy atom. The third kappa shape index (κ3) is 5.80. The van der Waals surface area contributed by atoms with E-state index in [9.17, 15) is 4.79 Å². The van der Waals surface area contributed by atoms with E-state index < -0.39 is 0 Å². The summed E-state index contributed by atoms with van der Waals surface area (Å²) < 4.78 is 5.58. The highest BCUT2D eigenvalue weighted by Gasteiger charge is 2.17. The van der Waals surface area contributed by atoms with E-state index in [4.69, 9.17) is 4.74 Å². The summed E-state index contributed by atoms with van der Waals surface area (Å²) in [5.74, 6) is 1.48. The topological polar surface area (TPSA) is 50.4 Å². The van der Waals surface area contributed by atoms with Crippen molar-refractivity contribution in [2.45, 2.75) is 19.8 Å². The summed E-state index contributed by atoms with van der Waals surface area (Å²) in [5, 5.41) is 6.17. The normalized spacial score (nSPS) is 17.4. The summed E-state index contributed by atoms with van der Waals surface area (Å²) >= 11 is 0. The van der Waals surface area contributed by atoms with Crippen molar-refractivity contribution in [3.05, 3.63) is 29.8 Å². The number of benzene rings is 1. The van der Waals surface area contributed by atoms with Crippen LogP contribution in [-0.4, -0.2) is 32.1 Å². The molecule has 4 nitrogen and oxygen atoms in total. The molecule has 1 saturated heterocycles. The van der Waals surface area contributed by atoms with E-state index in [0.717, 1.165) is 25.3 Å². The van der Waals surface area contributed by atoms with E-state index in [1.54, 1.807) is 0 Å². The minimum absolute atomic E-state index is 0. The van der Waals surface area contributed by atoms with Crippen LogP contribution in [0.4, 0.5) is 0 Å². The molecular weight excluding hydrogens is 276 g/mol. The fourth-order valence-electron chi connectivity index (χ4n) is 2.29. The van der Waals surface area contributed by atoms with Crippen molar-refractivity contribution in [1.82, 2.24) is 10.6 Å². The van der Waals surface area contributed by atoms with Crippen LogP contribution in [0.2, 0.25) is 0 Å². The minimum atomic E-state index is 0. The lowest BCUT2D eigenvalue weighted by molar-refractivity contribution is -0.122. The van der Waals surface area contributed by atoms with E-state index in [-0.39, 0.29) is 18.3 Å². The summed E-state index contributed by atoms with van der Waals surface area (Å²) in [6.07, 6.45) is 1.73. The minimum Gasteiger partial charge on any atom is -0.492 e. The van der Waals surface area contributed by atoms with Crippen molar-refractivity contribution in [1.29, 1.82) is 0 Å². The molecule has 1 heterocycles. The maximum Gasteiger partial charge on any atom is 0.220 e. The fraction of sp³-hybridized carbons (Fsp3) is 0.533. The molecule has 2 rings (SSSR count). The molecule has 2 N–H and O–H groups in total. The Labute approximate surface area is 126 Å². The zero-order chi connectivity index (χ0) is 13.5. The van der Waals surface area contributed by atoms with Gasteiger partial charge in [-0.2, -0.15) is 0 Å². The Kier molecular flexibility index (Phi) is 7.41. The number of carbonyl (C=O) groups excluding carboxylic acids is 1. The van der Waals surface area contributed by atoms with Crippen LogP contribution < -0.4 is 15.4 Å². The van der Waals surface area contributed by atoms with Crippen molar-refractivity contribution in [2.75, 3.05) is 26.2 Å². The van der Waals surface area contributed by atoms with Crippen molar-refractivity contribution in [3.63, 3.8) is 0 Å². The second kappa shape index (κ2) is 8.82. The highest BCUT2D eigenvalue weighted by molar-refractivity contribution is 5.85. The lowest BCUT2D eigenvalue weighted by Gasteiger charge is -2.10. The van der Waals surface area contributed by atoms with Gasteiger partial charge in [-0.25, -0.2) is 0 Å².